The smallest absolute Gasteiger partial charge is 0.310 e. The van der Waals surface area contributed by atoms with Gasteiger partial charge in [-0.1, -0.05) is 31.0 Å². The Bertz CT molecular complexity index is 979. The number of esters is 1. The van der Waals surface area contributed by atoms with Crippen LogP contribution < -0.4 is 15.5 Å². The minimum absolute atomic E-state index is 0.0194. The highest BCUT2D eigenvalue weighted by atomic mass is 16.5. The summed E-state index contributed by atoms with van der Waals surface area (Å²) in [5, 5.41) is 0. The molecule has 4 rings (SSSR count). The van der Waals surface area contributed by atoms with E-state index in [4.69, 9.17) is 10.5 Å². The minimum atomic E-state index is -0.457. The van der Waals surface area contributed by atoms with Gasteiger partial charge in [-0.3, -0.25) is 9.59 Å². The SMILES string of the molecule is CN(C)c1nc(N)nc(COC(=O)C2CCCCC2C(=O)N2CCc3ccccc32)n1. The summed E-state index contributed by atoms with van der Waals surface area (Å²) in [5.74, 6) is -0.423. The zero-order chi connectivity index (χ0) is 22.0. The number of anilines is 3. The average Bonchev–Trinajstić information content (AvgIpc) is 3.21. The monoisotopic (exact) mass is 424 g/mol. The van der Waals surface area contributed by atoms with Crippen LogP contribution in [-0.2, 0) is 27.4 Å². The van der Waals surface area contributed by atoms with Crippen LogP contribution >= 0.6 is 0 Å². The number of amides is 1. The number of nitrogens with two attached hydrogens (primary N) is 1. The van der Waals surface area contributed by atoms with Gasteiger partial charge in [0.1, 0.15) is 0 Å². The number of rotatable bonds is 5. The lowest BCUT2D eigenvalue weighted by molar-refractivity contribution is -0.155. The van der Waals surface area contributed by atoms with Gasteiger partial charge in [-0.25, -0.2) is 0 Å². The standard InChI is InChI=1S/C22H28N6O3/c1-27(2)22-25-18(24-21(23)26-22)13-31-20(30)16-9-5-4-8-15(16)19(29)28-12-11-14-7-3-6-10-17(14)28/h3,6-7,10,15-16H,4-5,8-9,11-13H2,1-2H3,(H2,23,24,25,26). The third-order valence-corrected chi connectivity index (χ3v) is 5.97. The molecule has 0 spiro atoms. The Morgan fingerprint density at radius 3 is 2.65 bits per heavy atom. The number of ether oxygens (including phenoxy) is 1. The van der Waals surface area contributed by atoms with Crippen molar-refractivity contribution in [1.29, 1.82) is 0 Å². The lowest BCUT2D eigenvalue weighted by Crippen LogP contribution is -2.42. The van der Waals surface area contributed by atoms with E-state index in [-0.39, 0.29) is 36.2 Å². The molecular formula is C22H28N6O3. The minimum Gasteiger partial charge on any atom is -0.457 e. The molecule has 2 atom stereocenters. The molecule has 0 saturated heterocycles. The molecule has 9 heteroatoms. The fraction of sp³-hybridized carbons (Fsp3) is 0.500. The second kappa shape index (κ2) is 8.87. The average molecular weight is 425 g/mol. The summed E-state index contributed by atoms with van der Waals surface area (Å²) in [7, 11) is 3.58. The van der Waals surface area contributed by atoms with Crippen LogP contribution in [0, 0.1) is 11.8 Å². The number of fused-ring (bicyclic) bond motifs is 1. The van der Waals surface area contributed by atoms with E-state index in [1.54, 1.807) is 19.0 Å². The first-order valence-corrected chi connectivity index (χ1v) is 10.7. The molecule has 1 aromatic carbocycles. The van der Waals surface area contributed by atoms with Gasteiger partial charge in [-0.05, 0) is 30.9 Å². The van der Waals surface area contributed by atoms with Crippen molar-refractivity contribution in [3.8, 4) is 0 Å². The van der Waals surface area contributed by atoms with Gasteiger partial charge >= 0.3 is 5.97 Å². The highest BCUT2D eigenvalue weighted by Gasteiger charge is 2.40. The van der Waals surface area contributed by atoms with Crippen molar-refractivity contribution in [3.05, 3.63) is 35.7 Å². The first kappa shape index (κ1) is 21.0. The van der Waals surface area contributed by atoms with Crippen molar-refractivity contribution >= 4 is 29.5 Å². The summed E-state index contributed by atoms with van der Waals surface area (Å²) in [6.07, 6.45) is 4.03. The van der Waals surface area contributed by atoms with Crippen LogP contribution in [0.4, 0.5) is 17.6 Å². The first-order valence-electron chi connectivity index (χ1n) is 10.7. The van der Waals surface area contributed by atoms with Crippen molar-refractivity contribution in [1.82, 2.24) is 15.0 Å². The topological polar surface area (TPSA) is 115 Å². The lowest BCUT2D eigenvalue weighted by atomic mass is 9.78. The number of nitrogens with zero attached hydrogens (tertiary/aromatic N) is 5. The quantitative estimate of drug-likeness (QED) is 0.725. The molecule has 1 saturated carbocycles. The van der Waals surface area contributed by atoms with E-state index in [1.807, 2.05) is 23.1 Å². The number of nitrogen functional groups attached to an aromatic ring is 1. The number of carbonyl (C=O) groups is 2. The number of aromatic nitrogens is 3. The molecule has 1 amide bonds. The molecule has 2 aliphatic rings. The molecule has 2 heterocycles. The second-order valence-electron chi connectivity index (χ2n) is 8.28. The molecule has 164 valence electrons. The number of hydrogen-bond donors (Lipinski definition) is 1. The Kier molecular flexibility index (Phi) is 6.01. The lowest BCUT2D eigenvalue weighted by Gasteiger charge is -2.32. The maximum absolute atomic E-state index is 13.4. The zero-order valence-corrected chi connectivity index (χ0v) is 18.0. The van der Waals surface area contributed by atoms with Gasteiger partial charge in [-0.2, -0.15) is 15.0 Å². The summed E-state index contributed by atoms with van der Waals surface area (Å²) in [4.78, 5) is 42.2. The van der Waals surface area contributed by atoms with E-state index < -0.39 is 5.92 Å². The summed E-state index contributed by atoms with van der Waals surface area (Å²) in [5.41, 5.74) is 7.87. The molecule has 1 aromatic heterocycles. The molecule has 1 aliphatic carbocycles. The van der Waals surface area contributed by atoms with Gasteiger partial charge in [-0.15, -0.1) is 0 Å². The summed E-state index contributed by atoms with van der Waals surface area (Å²) in [6.45, 7) is 0.560. The third-order valence-electron chi connectivity index (χ3n) is 5.97. The third kappa shape index (κ3) is 4.45. The molecule has 1 fully saturated rings. The number of para-hydroxylation sites is 1. The summed E-state index contributed by atoms with van der Waals surface area (Å²) in [6, 6.07) is 7.96. The molecule has 9 nitrogen and oxygen atoms in total. The van der Waals surface area contributed by atoms with Gasteiger partial charge in [0.2, 0.25) is 17.8 Å². The van der Waals surface area contributed by atoms with Crippen molar-refractivity contribution in [2.45, 2.75) is 38.7 Å². The molecule has 2 aromatic rings. The molecule has 2 unspecified atom stereocenters. The van der Waals surface area contributed by atoms with Crippen LogP contribution in [0.15, 0.2) is 24.3 Å². The van der Waals surface area contributed by atoms with Gasteiger partial charge in [0, 0.05) is 26.3 Å². The molecule has 2 N–H and O–H groups in total. The number of hydrogen-bond acceptors (Lipinski definition) is 8. The van der Waals surface area contributed by atoms with Crippen molar-refractivity contribution in [2.75, 3.05) is 36.2 Å². The van der Waals surface area contributed by atoms with Crippen molar-refractivity contribution in [3.63, 3.8) is 0 Å². The van der Waals surface area contributed by atoms with Crippen LogP contribution in [0.2, 0.25) is 0 Å². The Hall–Kier alpha value is -3.23. The summed E-state index contributed by atoms with van der Waals surface area (Å²) >= 11 is 0. The van der Waals surface area contributed by atoms with Gasteiger partial charge in [0.15, 0.2) is 12.4 Å². The predicted octanol–water partition coefficient (Wildman–Crippen LogP) is 1.96. The normalized spacial score (nSPS) is 20.3. The molecule has 0 bridgehead atoms. The Balaban J connectivity index is 1.45. The molecular weight excluding hydrogens is 396 g/mol. The van der Waals surface area contributed by atoms with Crippen molar-refractivity contribution < 1.29 is 14.3 Å². The molecule has 1 aliphatic heterocycles. The number of benzene rings is 1. The van der Waals surface area contributed by atoms with E-state index >= 15 is 0 Å². The Labute approximate surface area is 181 Å². The van der Waals surface area contributed by atoms with E-state index in [2.05, 4.69) is 21.0 Å². The summed E-state index contributed by atoms with van der Waals surface area (Å²) < 4.78 is 5.53. The highest BCUT2D eigenvalue weighted by Crippen LogP contribution is 2.36. The van der Waals surface area contributed by atoms with Crippen LogP contribution in [0.1, 0.15) is 37.1 Å². The van der Waals surface area contributed by atoms with E-state index in [1.165, 1.54) is 5.56 Å². The zero-order valence-electron chi connectivity index (χ0n) is 18.0. The molecule has 31 heavy (non-hydrogen) atoms. The second-order valence-corrected chi connectivity index (χ2v) is 8.28. The predicted molar refractivity (Wildman–Crippen MR) is 116 cm³/mol. The van der Waals surface area contributed by atoms with Gasteiger partial charge in [0.25, 0.3) is 0 Å². The van der Waals surface area contributed by atoms with Crippen LogP contribution in [0.3, 0.4) is 0 Å². The fourth-order valence-corrected chi connectivity index (χ4v) is 4.41. The Morgan fingerprint density at radius 2 is 1.87 bits per heavy atom. The van der Waals surface area contributed by atoms with E-state index in [9.17, 15) is 9.59 Å². The maximum atomic E-state index is 13.4. The van der Waals surface area contributed by atoms with Gasteiger partial charge < -0.3 is 20.3 Å². The van der Waals surface area contributed by atoms with Crippen LogP contribution in [0.25, 0.3) is 0 Å². The van der Waals surface area contributed by atoms with Crippen LogP contribution in [0.5, 0.6) is 0 Å². The fourth-order valence-electron chi connectivity index (χ4n) is 4.41. The maximum Gasteiger partial charge on any atom is 0.310 e. The number of carbonyl (C=O) groups excluding carboxylic acids is 2. The largest absolute Gasteiger partial charge is 0.457 e. The molecule has 0 radical (unpaired) electrons. The van der Waals surface area contributed by atoms with E-state index in [0.717, 1.165) is 24.9 Å². The highest BCUT2D eigenvalue weighted by molar-refractivity contribution is 5.99. The van der Waals surface area contributed by atoms with Crippen molar-refractivity contribution in [2.24, 2.45) is 11.8 Å². The van der Waals surface area contributed by atoms with Crippen LogP contribution in [-0.4, -0.2) is 47.5 Å². The first-order chi connectivity index (χ1) is 14.9. The Morgan fingerprint density at radius 1 is 1.13 bits per heavy atom. The van der Waals surface area contributed by atoms with Gasteiger partial charge in [0.05, 0.1) is 11.8 Å². The van der Waals surface area contributed by atoms with E-state index in [0.29, 0.717) is 25.3 Å².